The standard InChI is InChI=1S/C25H27NO12S/c1-12(27)33-8-20-23(35-13(2)28)25(37-15(4)30)24(36-14(3)29)21(38-20)9-34-16-5-6-17(19(31)7-16)22(32)18-10-39-11-26-18/h5-7,10-11,20-21,23-25,31H,8-9H2,1-4H3/t20-,21+,23-,24-,25+/m1/s1. The third kappa shape index (κ3) is 7.97. The van der Waals surface area contributed by atoms with Crippen LogP contribution in [0, 0.1) is 0 Å². The van der Waals surface area contributed by atoms with Crippen LogP contribution in [0.5, 0.6) is 11.5 Å². The summed E-state index contributed by atoms with van der Waals surface area (Å²) in [5.41, 5.74) is 1.69. The van der Waals surface area contributed by atoms with Crippen molar-refractivity contribution in [2.24, 2.45) is 0 Å². The summed E-state index contributed by atoms with van der Waals surface area (Å²) in [6.07, 6.45) is -6.13. The van der Waals surface area contributed by atoms with Crippen LogP contribution in [0.15, 0.2) is 29.1 Å². The summed E-state index contributed by atoms with van der Waals surface area (Å²) in [7, 11) is 0. The number of thiazole rings is 1. The first kappa shape index (κ1) is 29.5. The highest BCUT2D eigenvalue weighted by Crippen LogP contribution is 2.31. The van der Waals surface area contributed by atoms with Gasteiger partial charge in [-0.1, -0.05) is 0 Å². The number of hydrogen-bond acceptors (Lipinski definition) is 14. The molecule has 2 aromatic rings. The molecule has 14 heteroatoms. The van der Waals surface area contributed by atoms with E-state index in [1.165, 1.54) is 42.0 Å². The van der Waals surface area contributed by atoms with Gasteiger partial charge in [-0.25, -0.2) is 4.98 Å². The number of aromatic hydroxyl groups is 1. The van der Waals surface area contributed by atoms with E-state index in [-0.39, 0.29) is 36.0 Å². The Labute approximate surface area is 226 Å². The van der Waals surface area contributed by atoms with Crippen molar-refractivity contribution in [3.8, 4) is 11.5 Å². The molecule has 210 valence electrons. The molecule has 1 aromatic heterocycles. The quantitative estimate of drug-likeness (QED) is 0.250. The van der Waals surface area contributed by atoms with Gasteiger partial charge >= 0.3 is 23.9 Å². The summed E-state index contributed by atoms with van der Waals surface area (Å²) in [4.78, 5) is 63.6. The lowest BCUT2D eigenvalue weighted by Crippen LogP contribution is -2.63. The van der Waals surface area contributed by atoms with Crippen LogP contribution in [0.2, 0.25) is 0 Å². The first-order valence-electron chi connectivity index (χ1n) is 11.7. The summed E-state index contributed by atoms with van der Waals surface area (Å²) in [5, 5.41) is 12.0. The van der Waals surface area contributed by atoms with Gasteiger partial charge in [0.05, 0.1) is 11.1 Å². The summed E-state index contributed by atoms with van der Waals surface area (Å²) in [5.74, 6) is -3.57. The predicted octanol–water partition coefficient (Wildman–Crippen LogP) is 1.58. The molecule has 0 saturated carbocycles. The summed E-state index contributed by atoms with van der Waals surface area (Å²) < 4.78 is 32.8. The van der Waals surface area contributed by atoms with Gasteiger partial charge in [-0.15, -0.1) is 11.3 Å². The fraction of sp³-hybridized carbons (Fsp3) is 0.440. The van der Waals surface area contributed by atoms with Crippen molar-refractivity contribution in [3.63, 3.8) is 0 Å². The van der Waals surface area contributed by atoms with Crippen LogP contribution in [-0.4, -0.2) is 83.5 Å². The van der Waals surface area contributed by atoms with Crippen LogP contribution in [0.25, 0.3) is 0 Å². The van der Waals surface area contributed by atoms with E-state index in [0.29, 0.717) is 0 Å². The molecule has 2 heterocycles. The number of hydrogen-bond donors (Lipinski definition) is 1. The maximum atomic E-state index is 12.5. The van der Waals surface area contributed by atoms with Gasteiger partial charge in [-0.3, -0.25) is 24.0 Å². The number of nitrogens with zero attached hydrogens (tertiary/aromatic N) is 1. The molecule has 1 aromatic carbocycles. The normalized spacial score (nSPS) is 22.3. The number of benzene rings is 1. The Hall–Kier alpha value is -4.04. The van der Waals surface area contributed by atoms with Crippen molar-refractivity contribution in [2.75, 3.05) is 13.2 Å². The Morgan fingerprint density at radius 2 is 1.46 bits per heavy atom. The van der Waals surface area contributed by atoms with Gasteiger partial charge in [-0.2, -0.15) is 0 Å². The lowest BCUT2D eigenvalue weighted by Gasteiger charge is -2.44. The molecule has 0 unspecified atom stereocenters. The Balaban J connectivity index is 1.86. The highest BCUT2D eigenvalue weighted by Gasteiger charge is 2.52. The number of aromatic nitrogens is 1. The van der Waals surface area contributed by atoms with Gasteiger partial charge in [0, 0.05) is 39.1 Å². The van der Waals surface area contributed by atoms with Gasteiger partial charge in [-0.05, 0) is 12.1 Å². The Bertz CT molecular complexity index is 1210. The van der Waals surface area contributed by atoms with E-state index in [2.05, 4.69) is 4.98 Å². The van der Waals surface area contributed by atoms with Crippen LogP contribution in [0.4, 0.5) is 0 Å². The van der Waals surface area contributed by atoms with E-state index in [9.17, 15) is 29.1 Å². The monoisotopic (exact) mass is 565 g/mol. The zero-order chi connectivity index (χ0) is 28.7. The number of phenolic OH excluding ortho intramolecular Hbond substituents is 1. The Kier molecular flexibility index (Phi) is 9.95. The minimum Gasteiger partial charge on any atom is -0.507 e. The van der Waals surface area contributed by atoms with E-state index < -0.39 is 60.2 Å². The maximum Gasteiger partial charge on any atom is 0.303 e. The van der Waals surface area contributed by atoms with Crippen molar-refractivity contribution in [3.05, 3.63) is 40.3 Å². The molecule has 1 N–H and O–H groups in total. The Morgan fingerprint density at radius 1 is 0.872 bits per heavy atom. The molecule has 1 fully saturated rings. The summed E-state index contributed by atoms with van der Waals surface area (Å²) in [6.45, 7) is 3.86. The van der Waals surface area contributed by atoms with Gasteiger partial charge in [0.25, 0.3) is 0 Å². The average molecular weight is 566 g/mol. The maximum absolute atomic E-state index is 12.5. The predicted molar refractivity (Wildman–Crippen MR) is 131 cm³/mol. The second kappa shape index (κ2) is 13.2. The first-order valence-corrected chi connectivity index (χ1v) is 12.6. The van der Waals surface area contributed by atoms with Crippen LogP contribution < -0.4 is 4.74 Å². The molecule has 0 aliphatic carbocycles. The van der Waals surface area contributed by atoms with Crippen molar-refractivity contribution in [2.45, 2.75) is 58.2 Å². The highest BCUT2D eigenvalue weighted by atomic mass is 32.1. The third-order valence-electron chi connectivity index (χ3n) is 5.38. The number of esters is 4. The van der Waals surface area contributed by atoms with Gasteiger partial charge in [0.1, 0.15) is 42.6 Å². The average Bonchev–Trinajstić information content (AvgIpc) is 3.38. The second-order valence-corrected chi connectivity index (χ2v) is 9.15. The number of rotatable bonds is 10. The highest BCUT2D eigenvalue weighted by molar-refractivity contribution is 7.07. The minimum atomic E-state index is -1.33. The fourth-order valence-corrected chi connectivity index (χ4v) is 4.42. The molecule has 1 saturated heterocycles. The lowest BCUT2D eigenvalue weighted by molar-refractivity contribution is -0.255. The van der Waals surface area contributed by atoms with Gasteiger partial charge < -0.3 is 33.5 Å². The molecule has 0 spiro atoms. The van der Waals surface area contributed by atoms with Gasteiger partial charge in [0.2, 0.25) is 5.78 Å². The molecule has 1 aliphatic heterocycles. The van der Waals surface area contributed by atoms with E-state index in [4.69, 9.17) is 28.4 Å². The number of ketones is 1. The third-order valence-corrected chi connectivity index (χ3v) is 5.97. The fourth-order valence-electron chi connectivity index (χ4n) is 3.89. The van der Waals surface area contributed by atoms with Crippen LogP contribution in [0.3, 0.4) is 0 Å². The van der Waals surface area contributed by atoms with E-state index in [0.717, 1.165) is 20.8 Å². The number of carbonyl (C=O) groups excluding carboxylic acids is 5. The van der Waals surface area contributed by atoms with E-state index in [1.807, 2.05) is 0 Å². The van der Waals surface area contributed by atoms with Gasteiger partial charge in [0.15, 0.2) is 18.3 Å². The number of phenols is 1. The molecule has 0 amide bonds. The lowest BCUT2D eigenvalue weighted by atomic mass is 9.94. The van der Waals surface area contributed by atoms with Crippen LogP contribution in [-0.2, 0) is 42.9 Å². The second-order valence-electron chi connectivity index (χ2n) is 8.43. The largest absolute Gasteiger partial charge is 0.507 e. The molecule has 5 atom stereocenters. The molecule has 13 nitrogen and oxygen atoms in total. The number of ether oxygens (including phenoxy) is 6. The minimum absolute atomic E-state index is 0.0144. The molecule has 39 heavy (non-hydrogen) atoms. The Morgan fingerprint density at radius 3 is 1.97 bits per heavy atom. The molecule has 0 radical (unpaired) electrons. The molecular weight excluding hydrogens is 538 g/mol. The van der Waals surface area contributed by atoms with Crippen LogP contribution >= 0.6 is 11.3 Å². The molecular formula is C25H27NO12S. The topological polar surface area (TPSA) is 174 Å². The van der Waals surface area contributed by atoms with Crippen molar-refractivity contribution in [1.29, 1.82) is 0 Å². The first-order chi connectivity index (χ1) is 18.5. The summed E-state index contributed by atoms with van der Waals surface area (Å²) in [6, 6.07) is 4.01. The molecule has 3 rings (SSSR count). The number of carbonyl (C=O) groups is 5. The van der Waals surface area contributed by atoms with Crippen molar-refractivity contribution >= 4 is 41.0 Å². The molecule has 1 aliphatic rings. The molecule has 0 bridgehead atoms. The van der Waals surface area contributed by atoms with Crippen LogP contribution in [0.1, 0.15) is 43.7 Å². The van der Waals surface area contributed by atoms with Crippen molar-refractivity contribution in [1.82, 2.24) is 4.98 Å². The van der Waals surface area contributed by atoms with E-state index >= 15 is 0 Å². The summed E-state index contributed by atoms with van der Waals surface area (Å²) >= 11 is 1.24. The van der Waals surface area contributed by atoms with E-state index in [1.54, 1.807) is 5.38 Å². The zero-order valence-corrected chi connectivity index (χ0v) is 22.3. The van der Waals surface area contributed by atoms with Crippen molar-refractivity contribution < 1.29 is 57.5 Å². The zero-order valence-electron chi connectivity index (χ0n) is 21.5. The SMILES string of the molecule is CC(=O)OC[C@H]1O[C@@H](COc2ccc(C(=O)c3cscn3)c(O)c2)[C@@H](OC(C)=O)[C@@H](OC(C)=O)[C@@H]1OC(C)=O. The smallest absolute Gasteiger partial charge is 0.303 e.